The summed E-state index contributed by atoms with van der Waals surface area (Å²) in [5, 5.41) is 2.45. The molecule has 0 saturated carbocycles. The van der Waals surface area contributed by atoms with E-state index in [1.807, 2.05) is 0 Å². The summed E-state index contributed by atoms with van der Waals surface area (Å²) in [7, 11) is 0. The van der Waals surface area contributed by atoms with Gasteiger partial charge >= 0.3 is 0 Å². The van der Waals surface area contributed by atoms with Gasteiger partial charge in [0.25, 0.3) is 11.8 Å². The van der Waals surface area contributed by atoms with E-state index >= 15 is 0 Å². The van der Waals surface area contributed by atoms with Crippen molar-refractivity contribution in [3.8, 4) is 11.5 Å². The molecule has 1 N–H and O–H groups in total. The molecule has 142 valence electrons. The third-order valence-corrected chi connectivity index (χ3v) is 4.16. The molecule has 0 aliphatic carbocycles. The Morgan fingerprint density at radius 1 is 1.14 bits per heavy atom. The summed E-state index contributed by atoms with van der Waals surface area (Å²) >= 11 is 5.01. The maximum absolute atomic E-state index is 13.4. The van der Waals surface area contributed by atoms with Crippen LogP contribution in [0.4, 0.5) is 8.78 Å². The highest BCUT2D eigenvalue weighted by molar-refractivity contribution is 7.80. The van der Waals surface area contributed by atoms with Crippen molar-refractivity contribution in [3.05, 3.63) is 77.9 Å². The maximum atomic E-state index is 13.4. The van der Waals surface area contributed by atoms with Crippen LogP contribution in [0, 0.1) is 11.6 Å². The van der Waals surface area contributed by atoms with Gasteiger partial charge in [-0.05, 0) is 36.5 Å². The molecule has 1 aliphatic heterocycles. The molecule has 2 amide bonds. The monoisotopic (exact) mass is 400 g/mol. The fourth-order valence-electron chi connectivity index (χ4n) is 2.50. The van der Waals surface area contributed by atoms with Crippen LogP contribution in [-0.4, -0.2) is 28.4 Å². The van der Waals surface area contributed by atoms with Crippen LogP contribution in [0.5, 0.6) is 11.5 Å². The standard InChI is InChI=1S/C20H14F2N2O3S/c1-2-9-24-19(26)14(18(25)23-20(24)28)10-12-5-3-4-6-17(12)27-13-7-8-15(21)16(22)11-13/h2-8,10-11H,1,9H2,(H,23,25,28). The highest BCUT2D eigenvalue weighted by Gasteiger charge is 2.32. The van der Waals surface area contributed by atoms with Crippen molar-refractivity contribution >= 4 is 35.2 Å². The predicted octanol–water partition coefficient (Wildman–Crippen LogP) is 3.57. The second-order valence-corrected chi connectivity index (χ2v) is 6.12. The molecule has 0 spiro atoms. The second-order valence-electron chi connectivity index (χ2n) is 5.74. The Kier molecular flexibility index (Phi) is 5.60. The Morgan fingerprint density at radius 3 is 2.61 bits per heavy atom. The third-order valence-electron chi connectivity index (χ3n) is 3.84. The number of nitrogens with one attached hydrogen (secondary N) is 1. The number of hydrogen-bond acceptors (Lipinski definition) is 4. The first-order valence-electron chi connectivity index (χ1n) is 8.12. The van der Waals surface area contributed by atoms with Gasteiger partial charge in [0.05, 0.1) is 0 Å². The van der Waals surface area contributed by atoms with Gasteiger partial charge in [0, 0.05) is 18.2 Å². The number of benzene rings is 2. The summed E-state index contributed by atoms with van der Waals surface area (Å²) < 4.78 is 32.1. The zero-order valence-electron chi connectivity index (χ0n) is 14.4. The van der Waals surface area contributed by atoms with Crippen LogP contribution in [0.3, 0.4) is 0 Å². The number of carbonyl (C=O) groups is 2. The Balaban J connectivity index is 1.96. The number of nitrogens with zero attached hydrogens (tertiary/aromatic N) is 1. The van der Waals surface area contributed by atoms with Crippen LogP contribution in [-0.2, 0) is 9.59 Å². The summed E-state index contributed by atoms with van der Waals surface area (Å²) in [5.74, 6) is -2.94. The average Bonchev–Trinajstić information content (AvgIpc) is 2.66. The smallest absolute Gasteiger partial charge is 0.265 e. The fourth-order valence-corrected chi connectivity index (χ4v) is 2.75. The molecule has 1 saturated heterocycles. The van der Waals surface area contributed by atoms with Gasteiger partial charge < -0.3 is 4.74 Å². The Bertz CT molecular complexity index is 1020. The number of halogens is 2. The van der Waals surface area contributed by atoms with E-state index in [9.17, 15) is 18.4 Å². The van der Waals surface area contributed by atoms with E-state index in [0.717, 1.165) is 12.1 Å². The molecule has 3 rings (SSSR count). The van der Waals surface area contributed by atoms with E-state index < -0.39 is 23.4 Å². The van der Waals surface area contributed by atoms with Crippen molar-refractivity contribution in [2.45, 2.75) is 0 Å². The highest BCUT2D eigenvalue weighted by atomic mass is 32.1. The summed E-state index contributed by atoms with van der Waals surface area (Å²) in [4.78, 5) is 26.1. The zero-order chi connectivity index (χ0) is 20.3. The van der Waals surface area contributed by atoms with Crippen molar-refractivity contribution in [3.63, 3.8) is 0 Å². The van der Waals surface area contributed by atoms with Gasteiger partial charge in [-0.1, -0.05) is 24.3 Å². The lowest BCUT2D eigenvalue weighted by atomic mass is 10.1. The minimum atomic E-state index is -1.05. The molecule has 0 bridgehead atoms. The van der Waals surface area contributed by atoms with Crippen molar-refractivity contribution in [1.29, 1.82) is 0 Å². The van der Waals surface area contributed by atoms with Crippen molar-refractivity contribution in [2.75, 3.05) is 6.54 Å². The molecule has 5 nitrogen and oxygen atoms in total. The highest BCUT2D eigenvalue weighted by Crippen LogP contribution is 2.28. The topological polar surface area (TPSA) is 58.6 Å². The van der Waals surface area contributed by atoms with Crippen LogP contribution in [0.1, 0.15) is 5.56 Å². The molecule has 8 heteroatoms. The van der Waals surface area contributed by atoms with Crippen molar-refractivity contribution < 1.29 is 23.1 Å². The lowest BCUT2D eigenvalue weighted by molar-refractivity contribution is -0.128. The Morgan fingerprint density at radius 2 is 1.89 bits per heavy atom. The molecule has 0 aromatic heterocycles. The largest absolute Gasteiger partial charge is 0.457 e. The van der Waals surface area contributed by atoms with Gasteiger partial charge in [-0.2, -0.15) is 0 Å². The van der Waals surface area contributed by atoms with Crippen molar-refractivity contribution in [2.24, 2.45) is 0 Å². The van der Waals surface area contributed by atoms with E-state index in [0.29, 0.717) is 5.56 Å². The average molecular weight is 400 g/mol. The van der Waals surface area contributed by atoms with Crippen LogP contribution in [0.25, 0.3) is 6.08 Å². The third kappa shape index (κ3) is 3.96. The Hall–Kier alpha value is -3.39. The molecule has 0 unspecified atom stereocenters. The quantitative estimate of drug-likeness (QED) is 0.361. The van der Waals surface area contributed by atoms with Gasteiger partial charge in [0.2, 0.25) is 0 Å². The molecule has 0 atom stereocenters. The normalized spacial score (nSPS) is 15.6. The first-order chi connectivity index (χ1) is 13.4. The predicted molar refractivity (Wildman–Crippen MR) is 104 cm³/mol. The van der Waals surface area contributed by atoms with Crippen molar-refractivity contribution in [1.82, 2.24) is 10.2 Å². The number of carbonyl (C=O) groups excluding carboxylic acids is 2. The number of ether oxygens (including phenoxy) is 1. The Labute approximate surface area is 164 Å². The molecule has 0 radical (unpaired) electrons. The van der Waals surface area contributed by atoms with Gasteiger partial charge in [-0.15, -0.1) is 6.58 Å². The minimum Gasteiger partial charge on any atom is -0.457 e. The van der Waals surface area contributed by atoms with Crippen LogP contribution in [0.2, 0.25) is 0 Å². The van der Waals surface area contributed by atoms with E-state index in [1.54, 1.807) is 24.3 Å². The van der Waals surface area contributed by atoms with Crippen LogP contribution < -0.4 is 10.1 Å². The first-order valence-corrected chi connectivity index (χ1v) is 8.53. The molecule has 1 heterocycles. The summed E-state index contributed by atoms with van der Waals surface area (Å²) in [5.41, 5.74) is 0.258. The minimum absolute atomic E-state index is 0.00151. The fraction of sp³-hybridized carbons (Fsp3) is 0.0500. The van der Waals surface area contributed by atoms with Crippen LogP contribution >= 0.6 is 12.2 Å². The van der Waals surface area contributed by atoms with Gasteiger partial charge in [-0.3, -0.25) is 19.8 Å². The summed E-state index contributed by atoms with van der Waals surface area (Å²) in [6.07, 6.45) is 2.84. The van der Waals surface area contributed by atoms with Crippen LogP contribution in [0.15, 0.2) is 60.7 Å². The van der Waals surface area contributed by atoms with Gasteiger partial charge in [0.1, 0.15) is 17.1 Å². The number of rotatable bonds is 5. The number of para-hydroxylation sites is 1. The second kappa shape index (κ2) is 8.10. The van der Waals surface area contributed by atoms with E-state index in [-0.39, 0.29) is 28.7 Å². The first kappa shape index (κ1) is 19.4. The number of amides is 2. The van der Waals surface area contributed by atoms with Gasteiger partial charge in [-0.25, -0.2) is 8.78 Å². The molecule has 2 aromatic rings. The molecule has 2 aromatic carbocycles. The van der Waals surface area contributed by atoms with E-state index in [4.69, 9.17) is 17.0 Å². The molecule has 1 aliphatic rings. The van der Waals surface area contributed by atoms with Gasteiger partial charge in [0.15, 0.2) is 16.7 Å². The molecule has 1 fully saturated rings. The van der Waals surface area contributed by atoms with E-state index in [1.165, 1.54) is 23.1 Å². The molecular formula is C20H14F2N2O3S. The lowest BCUT2D eigenvalue weighted by Crippen LogP contribution is -2.53. The summed E-state index contributed by atoms with van der Waals surface area (Å²) in [6, 6.07) is 9.66. The maximum Gasteiger partial charge on any atom is 0.265 e. The zero-order valence-corrected chi connectivity index (χ0v) is 15.3. The number of thiocarbonyl (C=S) groups is 1. The SMILES string of the molecule is C=CCN1C(=O)C(=Cc2ccccc2Oc2ccc(F)c(F)c2)C(=O)NC1=S. The molecule has 28 heavy (non-hydrogen) atoms. The molecular weight excluding hydrogens is 386 g/mol. The number of hydrogen-bond donors (Lipinski definition) is 1. The summed E-state index contributed by atoms with van der Waals surface area (Å²) in [6.45, 7) is 3.70. The van der Waals surface area contributed by atoms with E-state index in [2.05, 4.69) is 11.9 Å². The lowest BCUT2D eigenvalue weighted by Gasteiger charge is -2.27.